The molecule has 5 aliphatic carbocycles. The largest absolute Gasteiger partial charge is 0.481 e. The van der Waals surface area contributed by atoms with E-state index in [2.05, 4.69) is 47.6 Å². The zero-order valence-electron chi connectivity index (χ0n) is 27.1. The highest BCUT2D eigenvalue weighted by Gasteiger charge is 2.70. The third-order valence-corrected chi connectivity index (χ3v) is 14.9. The van der Waals surface area contributed by atoms with Crippen molar-refractivity contribution in [2.45, 2.75) is 136 Å². The predicted octanol–water partition coefficient (Wildman–Crippen LogP) is 4.67. The molecule has 1 aliphatic heterocycles. The highest BCUT2D eigenvalue weighted by molar-refractivity contribution is 5.76. The van der Waals surface area contributed by atoms with Crippen LogP contribution in [0.1, 0.15) is 106 Å². The van der Waals surface area contributed by atoms with Gasteiger partial charge in [0.25, 0.3) is 0 Å². The first-order chi connectivity index (χ1) is 20.0. The van der Waals surface area contributed by atoms with Crippen molar-refractivity contribution in [2.24, 2.45) is 50.2 Å². The van der Waals surface area contributed by atoms with E-state index in [9.17, 15) is 30.3 Å². The van der Waals surface area contributed by atoms with Gasteiger partial charge < -0.3 is 35.0 Å². The normalized spacial score (nSPS) is 54.3. The van der Waals surface area contributed by atoms with Crippen molar-refractivity contribution in [3.8, 4) is 0 Å². The number of carboxylic acids is 1. The lowest BCUT2D eigenvalue weighted by atomic mass is 9.33. The molecule has 6 aliphatic rings. The molecule has 0 bridgehead atoms. The Hall–Kier alpha value is -1.03. The Kier molecular flexibility index (Phi) is 7.60. The van der Waals surface area contributed by atoms with Crippen molar-refractivity contribution >= 4 is 5.97 Å². The molecule has 0 unspecified atom stereocenters. The Bertz CT molecular complexity index is 1150. The molecular weight excluding hydrogens is 548 g/mol. The lowest BCUT2D eigenvalue weighted by Crippen LogP contribution is -2.66. The van der Waals surface area contributed by atoms with Gasteiger partial charge in [0.2, 0.25) is 0 Å². The zero-order valence-corrected chi connectivity index (χ0v) is 27.1. The first-order valence-electron chi connectivity index (χ1n) is 16.9. The standard InChI is InChI=1S/C35H56O8/c1-30(2)13-15-35(29(40)41)16-14-33(5)20(21(35)17-30)7-8-24-31(3)11-10-25(43-28-27(39)26(38)22(37)18-42-28)32(4,19-36)23(31)9-12-34(24,33)6/h7,21-28,36-39H,8-19H2,1-6H3,(H,40,41)/t21-,22+,23+,24+,25-,26-,27+,28-,31-,32-,33+,34+,35-/m0/s1. The summed E-state index contributed by atoms with van der Waals surface area (Å²) in [4.78, 5) is 12.9. The molecule has 0 aromatic carbocycles. The van der Waals surface area contributed by atoms with Gasteiger partial charge in [-0.15, -0.1) is 0 Å². The quantitative estimate of drug-likeness (QED) is 0.231. The molecule has 1 saturated heterocycles. The van der Waals surface area contributed by atoms with Gasteiger partial charge in [-0.1, -0.05) is 53.2 Å². The van der Waals surface area contributed by atoms with E-state index in [4.69, 9.17) is 9.47 Å². The van der Waals surface area contributed by atoms with E-state index in [-0.39, 0.29) is 52.8 Å². The van der Waals surface area contributed by atoms with Gasteiger partial charge in [0, 0.05) is 5.41 Å². The van der Waals surface area contributed by atoms with Crippen LogP contribution in [-0.4, -0.2) is 75.4 Å². The highest BCUT2D eigenvalue weighted by Crippen LogP contribution is 2.76. The number of allylic oxidation sites excluding steroid dienone is 2. The van der Waals surface area contributed by atoms with Crippen LogP contribution in [0.2, 0.25) is 0 Å². The Morgan fingerprint density at radius 2 is 1.63 bits per heavy atom. The van der Waals surface area contributed by atoms with Gasteiger partial charge >= 0.3 is 5.97 Å². The minimum Gasteiger partial charge on any atom is -0.481 e. The van der Waals surface area contributed by atoms with Crippen LogP contribution in [0.3, 0.4) is 0 Å². The Balaban J connectivity index is 1.32. The second-order valence-corrected chi connectivity index (χ2v) is 17.3. The van der Waals surface area contributed by atoms with Gasteiger partial charge in [0.05, 0.1) is 24.7 Å². The fraction of sp³-hybridized carbons (Fsp3) is 0.914. The van der Waals surface area contributed by atoms with E-state index in [1.165, 1.54) is 5.57 Å². The molecule has 6 rings (SSSR count). The summed E-state index contributed by atoms with van der Waals surface area (Å²) in [7, 11) is 0. The van der Waals surface area contributed by atoms with Crippen LogP contribution in [0, 0.1) is 50.2 Å². The van der Waals surface area contributed by atoms with Crippen molar-refractivity contribution in [1.82, 2.24) is 0 Å². The summed E-state index contributed by atoms with van der Waals surface area (Å²) in [6, 6.07) is 0. The monoisotopic (exact) mass is 604 g/mol. The molecule has 0 radical (unpaired) electrons. The van der Waals surface area contributed by atoms with Crippen LogP contribution in [0.15, 0.2) is 11.6 Å². The van der Waals surface area contributed by atoms with Crippen molar-refractivity contribution in [3.63, 3.8) is 0 Å². The maximum atomic E-state index is 12.9. The zero-order chi connectivity index (χ0) is 31.4. The molecule has 1 heterocycles. The summed E-state index contributed by atoms with van der Waals surface area (Å²) >= 11 is 0. The van der Waals surface area contributed by atoms with Gasteiger partial charge in [-0.05, 0) is 104 Å². The molecule has 0 amide bonds. The molecule has 0 aromatic rings. The van der Waals surface area contributed by atoms with Crippen molar-refractivity contribution in [2.75, 3.05) is 13.2 Å². The number of rotatable bonds is 4. The van der Waals surface area contributed by atoms with Crippen molar-refractivity contribution in [1.29, 1.82) is 0 Å². The fourth-order valence-corrected chi connectivity index (χ4v) is 11.9. The minimum atomic E-state index is -1.36. The van der Waals surface area contributed by atoms with E-state index >= 15 is 0 Å². The molecule has 0 aromatic heterocycles. The Labute approximate surface area is 257 Å². The maximum absolute atomic E-state index is 12.9. The summed E-state index contributed by atoms with van der Waals surface area (Å²) in [5, 5.41) is 52.3. The van der Waals surface area contributed by atoms with Gasteiger partial charge in [0.15, 0.2) is 6.29 Å². The average molecular weight is 605 g/mol. The second-order valence-electron chi connectivity index (χ2n) is 17.3. The van der Waals surface area contributed by atoms with Crippen molar-refractivity contribution in [3.05, 3.63) is 11.6 Å². The van der Waals surface area contributed by atoms with Crippen molar-refractivity contribution < 1.29 is 39.8 Å². The molecular formula is C35H56O8. The molecule has 244 valence electrons. The molecule has 5 N–H and O–H groups in total. The van der Waals surface area contributed by atoms with Crippen LogP contribution in [0.25, 0.3) is 0 Å². The summed E-state index contributed by atoms with van der Waals surface area (Å²) in [5.41, 5.74) is 0.232. The van der Waals surface area contributed by atoms with Crippen LogP contribution >= 0.6 is 0 Å². The summed E-state index contributed by atoms with van der Waals surface area (Å²) in [6.45, 7) is 13.9. The molecule has 43 heavy (non-hydrogen) atoms. The Morgan fingerprint density at radius 3 is 2.30 bits per heavy atom. The van der Waals surface area contributed by atoms with Crippen LogP contribution in [0.4, 0.5) is 0 Å². The molecule has 4 saturated carbocycles. The number of aliphatic carboxylic acids is 1. The van der Waals surface area contributed by atoms with Crippen LogP contribution < -0.4 is 0 Å². The molecule has 8 heteroatoms. The smallest absolute Gasteiger partial charge is 0.310 e. The van der Waals surface area contributed by atoms with E-state index < -0.39 is 41.4 Å². The number of hydrogen-bond donors (Lipinski definition) is 5. The Morgan fingerprint density at radius 1 is 0.930 bits per heavy atom. The van der Waals surface area contributed by atoms with Gasteiger partial charge in [-0.2, -0.15) is 0 Å². The van der Waals surface area contributed by atoms with E-state index in [0.29, 0.717) is 12.3 Å². The second kappa shape index (κ2) is 10.2. The summed E-state index contributed by atoms with van der Waals surface area (Å²) in [5.74, 6) is 0.0529. The first-order valence-corrected chi connectivity index (χ1v) is 16.9. The number of carboxylic acid groups (broad SMARTS) is 1. The first kappa shape index (κ1) is 31.9. The number of ether oxygens (including phenoxy) is 2. The molecule has 0 spiro atoms. The predicted molar refractivity (Wildman–Crippen MR) is 161 cm³/mol. The topological polar surface area (TPSA) is 137 Å². The highest BCUT2D eigenvalue weighted by atomic mass is 16.7. The van der Waals surface area contributed by atoms with Gasteiger partial charge in [-0.25, -0.2) is 0 Å². The third kappa shape index (κ3) is 4.32. The van der Waals surface area contributed by atoms with E-state index in [1.54, 1.807) is 0 Å². The molecule has 5 fully saturated rings. The molecule has 13 atom stereocenters. The SMILES string of the molecule is CC1(C)CC[C@]2(C(=O)O)CC[C@]3(C)C(=CC[C@@H]4[C@@]5(C)CC[C@H](O[C@@H]6OC[C@@H](O)[C@H](O)[C@H]6O)[C@@](C)(CO)[C@@H]5CC[C@]43C)[C@@H]2C1. The van der Waals surface area contributed by atoms with E-state index in [1.807, 2.05) is 0 Å². The van der Waals surface area contributed by atoms with Crippen LogP contribution in [0.5, 0.6) is 0 Å². The average Bonchev–Trinajstić information content (AvgIpc) is 2.94. The minimum absolute atomic E-state index is 0.0154. The number of aliphatic hydroxyl groups is 4. The summed E-state index contributed by atoms with van der Waals surface area (Å²) < 4.78 is 12.0. The van der Waals surface area contributed by atoms with E-state index in [0.717, 1.165) is 57.8 Å². The number of carbonyl (C=O) groups is 1. The maximum Gasteiger partial charge on any atom is 0.310 e. The fourth-order valence-electron chi connectivity index (χ4n) is 11.9. The summed E-state index contributed by atoms with van der Waals surface area (Å²) in [6.07, 6.45) is 6.03. The number of fused-ring (bicyclic) bond motifs is 7. The number of aliphatic hydroxyl groups excluding tert-OH is 4. The lowest BCUT2D eigenvalue weighted by Gasteiger charge is -2.71. The molecule has 8 nitrogen and oxygen atoms in total. The van der Waals surface area contributed by atoms with Crippen LogP contribution in [-0.2, 0) is 14.3 Å². The van der Waals surface area contributed by atoms with Gasteiger partial charge in [-0.3, -0.25) is 4.79 Å². The lowest BCUT2D eigenvalue weighted by molar-refractivity contribution is -0.312. The van der Waals surface area contributed by atoms with Gasteiger partial charge in [0.1, 0.15) is 18.3 Å². The third-order valence-electron chi connectivity index (χ3n) is 14.9. The number of hydrogen-bond acceptors (Lipinski definition) is 7.